The molecule has 4 heteroatoms. The van der Waals surface area contributed by atoms with Crippen molar-refractivity contribution in [3.05, 3.63) is 35.7 Å². The van der Waals surface area contributed by atoms with E-state index in [1.807, 2.05) is 12.1 Å². The maximum absolute atomic E-state index is 5.36. The molecule has 1 fully saturated rings. The fourth-order valence-corrected chi connectivity index (χ4v) is 2.31. The van der Waals surface area contributed by atoms with Gasteiger partial charge in [0.1, 0.15) is 17.9 Å². The Morgan fingerprint density at radius 1 is 1.15 bits per heavy atom. The molecule has 4 nitrogen and oxygen atoms in total. The Labute approximate surface area is 119 Å². The fraction of sp³-hybridized carbons (Fsp3) is 0.375. The molecule has 1 aromatic carbocycles. The topological polar surface area (TPSA) is 47.0 Å². The minimum atomic E-state index is 0.594. The molecule has 1 aromatic heterocycles. The molecule has 0 saturated heterocycles. The van der Waals surface area contributed by atoms with Crippen LogP contribution >= 0.6 is 0 Å². The van der Waals surface area contributed by atoms with Gasteiger partial charge in [0, 0.05) is 17.7 Å². The van der Waals surface area contributed by atoms with E-state index in [-0.39, 0.29) is 0 Å². The zero-order chi connectivity index (χ0) is 14.1. The Balaban J connectivity index is 1.97. The zero-order valence-corrected chi connectivity index (χ0v) is 12.1. The van der Waals surface area contributed by atoms with Crippen molar-refractivity contribution in [2.24, 2.45) is 0 Å². The molecule has 0 radical (unpaired) electrons. The van der Waals surface area contributed by atoms with E-state index < -0.39 is 0 Å². The highest BCUT2D eigenvalue weighted by Gasteiger charge is 2.21. The van der Waals surface area contributed by atoms with Gasteiger partial charge in [-0.3, -0.25) is 0 Å². The van der Waals surface area contributed by atoms with Gasteiger partial charge in [-0.1, -0.05) is 0 Å². The van der Waals surface area contributed by atoms with Crippen LogP contribution < -0.4 is 10.1 Å². The van der Waals surface area contributed by atoms with E-state index in [2.05, 4.69) is 35.2 Å². The van der Waals surface area contributed by atoms with Crippen molar-refractivity contribution in [3.63, 3.8) is 0 Å². The average Bonchev–Trinajstić information content (AvgIpc) is 3.26. The summed E-state index contributed by atoms with van der Waals surface area (Å²) in [4.78, 5) is 8.69. The van der Waals surface area contributed by atoms with Gasteiger partial charge in [-0.2, -0.15) is 0 Å². The predicted octanol–water partition coefficient (Wildman–Crippen LogP) is 3.34. The van der Waals surface area contributed by atoms with Gasteiger partial charge >= 0.3 is 0 Å². The van der Waals surface area contributed by atoms with E-state index in [9.17, 15) is 0 Å². The van der Waals surface area contributed by atoms with Crippen LogP contribution in [-0.2, 0) is 0 Å². The van der Waals surface area contributed by atoms with Crippen molar-refractivity contribution in [1.29, 1.82) is 0 Å². The highest BCUT2D eigenvalue weighted by atomic mass is 16.5. The third kappa shape index (κ3) is 2.46. The Morgan fingerprint density at radius 2 is 1.95 bits per heavy atom. The monoisotopic (exact) mass is 269 g/mol. The third-order valence-corrected chi connectivity index (χ3v) is 3.83. The molecular weight excluding hydrogens is 250 g/mol. The maximum atomic E-state index is 5.36. The molecule has 1 aliphatic carbocycles. The SMILES string of the molecule is COc1ccc(-c2cc(NC3CC3)ncn2)c(C)c1C. The van der Waals surface area contributed by atoms with Crippen molar-refractivity contribution in [3.8, 4) is 17.0 Å². The Kier molecular flexibility index (Phi) is 3.30. The summed E-state index contributed by atoms with van der Waals surface area (Å²) >= 11 is 0. The summed E-state index contributed by atoms with van der Waals surface area (Å²) < 4.78 is 5.36. The van der Waals surface area contributed by atoms with Crippen LogP contribution in [0.1, 0.15) is 24.0 Å². The Morgan fingerprint density at radius 3 is 2.65 bits per heavy atom. The summed E-state index contributed by atoms with van der Waals surface area (Å²) in [5, 5.41) is 3.41. The van der Waals surface area contributed by atoms with E-state index >= 15 is 0 Å². The molecule has 2 aromatic rings. The summed E-state index contributed by atoms with van der Waals surface area (Å²) in [6.45, 7) is 4.17. The van der Waals surface area contributed by atoms with Crippen molar-refractivity contribution >= 4 is 5.82 Å². The van der Waals surface area contributed by atoms with Gasteiger partial charge in [-0.15, -0.1) is 0 Å². The molecule has 3 rings (SSSR count). The summed E-state index contributed by atoms with van der Waals surface area (Å²) in [7, 11) is 1.70. The maximum Gasteiger partial charge on any atom is 0.130 e. The molecule has 1 N–H and O–H groups in total. The van der Waals surface area contributed by atoms with Gasteiger partial charge in [-0.05, 0) is 49.9 Å². The second-order valence-corrected chi connectivity index (χ2v) is 5.27. The quantitative estimate of drug-likeness (QED) is 0.924. The van der Waals surface area contributed by atoms with E-state index in [0.29, 0.717) is 6.04 Å². The summed E-state index contributed by atoms with van der Waals surface area (Å²) in [5.74, 6) is 1.82. The third-order valence-electron chi connectivity index (χ3n) is 3.83. The van der Waals surface area contributed by atoms with Crippen molar-refractivity contribution in [1.82, 2.24) is 9.97 Å². The van der Waals surface area contributed by atoms with Crippen LogP contribution in [0.25, 0.3) is 11.3 Å². The number of aromatic nitrogens is 2. The van der Waals surface area contributed by atoms with Crippen LogP contribution in [0.4, 0.5) is 5.82 Å². The van der Waals surface area contributed by atoms with Gasteiger partial charge in [0.2, 0.25) is 0 Å². The number of nitrogens with zero attached hydrogens (tertiary/aromatic N) is 2. The van der Waals surface area contributed by atoms with E-state index in [1.165, 1.54) is 18.4 Å². The standard InChI is InChI=1S/C16H19N3O/c1-10-11(2)15(20-3)7-6-13(10)14-8-16(18-9-17-14)19-12-4-5-12/h6-9,12H,4-5H2,1-3H3,(H,17,18,19). The lowest BCUT2D eigenvalue weighted by molar-refractivity contribution is 0.411. The number of methoxy groups -OCH3 is 1. The molecule has 0 aliphatic heterocycles. The molecular formula is C16H19N3O. The highest BCUT2D eigenvalue weighted by Crippen LogP contribution is 2.31. The molecule has 0 amide bonds. The van der Waals surface area contributed by atoms with Crippen molar-refractivity contribution < 1.29 is 4.74 Å². The molecule has 0 atom stereocenters. The molecule has 104 valence electrons. The lowest BCUT2D eigenvalue weighted by atomic mass is 10.00. The average molecular weight is 269 g/mol. The van der Waals surface area contributed by atoms with E-state index in [0.717, 1.165) is 28.4 Å². The number of ether oxygens (including phenoxy) is 1. The van der Waals surface area contributed by atoms with Gasteiger partial charge in [0.05, 0.1) is 12.8 Å². The van der Waals surface area contributed by atoms with Gasteiger partial charge < -0.3 is 10.1 Å². The van der Waals surface area contributed by atoms with Gasteiger partial charge in [-0.25, -0.2) is 9.97 Å². The van der Waals surface area contributed by atoms with Crippen molar-refractivity contribution in [2.45, 2.75) is 32.7 Å². The van der Waals surface area contributed by atoms with Gasteiger partial charge in [0.15, 0.2) is 0 Å². The number of nitrogens with one attached hydrogen (secondary N) is 1. The minimum absolute atomic E-state index is 0.594. The summed E-state index contributed by atoms with van der Waals surface area (Å²) in [6.07, 6.45) is 4.10. The highest BCUT2D eigenvalue weighted by molar-refractivity contribution is 5.69. The van der Waals surface area contributed by atoms with E-state index in [1.54, 1.807) is 13.4 Å². The summed E-state index contributed by atoms with van der Waals surface area (Å²) in [5.41, 5.74) is 4.43. The smallest absolute Gasteiger partial charge is 0.130 e. The number of hydrogen-bond donors (Lipinski definition) is 1. The molecule has 20 heavy (non-hydrogen) atoms. The normalized spacial score (nSPS) is 14.2. The summed E-state index contributed by atoms with van der Waals surface area (Å²) in [6, 6.07) is 6.67. The number of benzene rings is 1. The number of anilines is 1. The van der Waals surface area contributed by atoms with Crippen LogP contribution in [0.2, 0.25) is 0 Å². The molecule has 1 saturated carbocycles. The first-order chi connectivity index (χ1) is 9.69. The Hall–Kier alpha value is -2.10. The first-order valence-electron chi connectivity index (χ1n) is 6.92. The fourth-order valence-electron chi connectivity index (χ4n) is 2.31. The molecule has 0 unspecified atom stereocenters. The van der Waals surface area contributed by atoms with Crippen LogP contribution in [0.3, 0.4) is 0 Å². The second kappa shape index (κ2) is 5.12. The first-order valence-corrected chi connectivity index (χ1v) is 6.92. The van der Waals surface area contributed by atoms with Crippen LogP contribution in [-0.4, -0.2) is 23.1 Å². The Bertz CT molecular complexity index is 636. The molecule has 0 spiro atoms. The second-order valence-electron chi connectivity index (χ2n) is 5.27. The minimum Gasteiger partial charge on any atom is -0.496 e. The van der Waals surface area contributed by atoms with Crippen LogP contribution in [0, 0.1) is 13.8 Å². The van der Waals surface area contributed by atoms with Crippen LogP contribution in [0.5, 0.6) is 5.75 Å². The lowest BCUT2D eigenvalue weighted by Crippen LogP contribution is -2.03. The zero-order valence-electron chi connectivity index (χ0n) is 12.1. The molecule has 0 bridgehead atoms. The largest absolute Gasteiger partial charge is 0.496 e. The lowest BCUT2D eigenvalue weighted by Gasteiger charge is -2.13. The molecule has 1 heterocycles. The van der Waals surface area contributed by atoms with Crippen LogP contribution in [0.15, 0.2) is 24.5 Å². The first kappa shape index (κ1) is 12.9. The molecule has 1 aliphatic rings. The number of rotatable bonds is 4. The van der Waals surface area contributed by atoms with E-state index in [4.69, 9.17) is 4.74 Å². The number of hydrogen-bond acceptors (Lipinski definition) is 4. The predicted molar refractivity (Wildman–Crippen MR) is 80.1 cm³/mol. The van der Waals surface area contributed by atoms with Gasteiger partial charge in [0.25, 0.3) is 0 Å². The van der Waals surface area contributed by atoms with Crippen molar-refractivity contribution in [2.75, 3.05) is 12.4 Å².